The van der Waals surface area contributed by atoms with E-state index in [0.717, 1.165) is 38.6 Å². The molecule has 1 heterocycles. The number of nitrogens with two attached hydrogens (primary N) is 1. The van der Waals surface area contributed by atoms with Crippen molar-refractivity contribution < 1.29 is 4.79 Å². The molecule has 0 spiro atoms. The van der Waals surface area contributed by atoms with Gasteiger partial charge >= 0.3 is 0 Å². The fourth-order valence-corrected chi connectivity index (χ4v) is 4.39. The second-order valence-corrected chi connectivity index (χ2v) is 7.34. The minimum absolute atomic E-state index is 0.159. The molecule has 3 rings (SSSR count). The number of nitrogens with zero attached hydrogens (tertiary/aromatic N) is 1. The SMILES string of the molecule is NC(C(=O)N1CCCC1I)C1CCc2ccccc2C1. The lowest BCUT2D eigenvalue weighted by molar-refractivity contribution is -0.133. The summed E-state index contributed by atoms with van der Waals surface area (Å²) in [4.78, 5) is 14.5. The monoisotopic (exact) mass is 384 g/mol. The third kappa shape index (κ3) is 2.72. The summed E-state index contributed by atoms with van der Waals surface area (Å²) in [6.07, 6.45) is 5.24. The van der Waals surface area contributed by atoms with Gasteiger partial charge in [0, 0.05) is 6.54 Å². The van der Waals surface area contributed by atoms with Crippen LogP contribution in [0.15, 0.2) is 24.3 Å². The highest BCUT2D eigenvalue weighted by Gasteiger charge is 2.35. The number of carbonyl (C=O) groups excluding carboxylic acids is 1. The first-order valence-electron chi connectivity index (χ1n) is 7.43. The Bertz CT molecular complexity index is 505. The number of hydrogen-bond donors (Lipinski definition) is 1. The number of benzene rings is 1. The Hall–Kier alpha value is -0.620. The van der Waals surface area contributed by atoms with Crippen LogP contribution in [0.4, 0.5) is 0 Å². The number of amides is 1. The smallest absolute Gasteiger partial charge is 0.240 e. The fourth-order valence-electron chi connectivity index (χ4n) is 3.40. The van der Waals surface area contributed by atoms with Crippen LogP contribution < -0.4 is 5.73 Å². The average molecular weight is 384 g/mol. The highest BCUT2D eigenvalue weighted by atomic mass is 127. The molecule has 1 aliphatic carbocycles. The molecule has 1 aromatic rings. The van der Waals surface area contributed by atoms with Crippen molar-refractivity contribution in [1.29, 1.82) is 0 Å². The molecule has 1 amide bonds. The first-order chi connectivity index (χ1) is 9.66. The topological polar surface area (TPSA) is 46.3 Å². The van der Waals surface area contributed by atoms with Crippen molar-refractivity contribution in [2.24, 2.45) is 11.7 Å². The van der Waals surface area contributed by atoms with Crippen LogP contribution >= 0.6 is 22.6 Å². The number of halogens is 1. The molecule has 0 aromatic heterocycles. The predicted molar refractivity (Wildman–Crippen MR) is 88.7 cm³/mol. The molecule has 0 radical (unpaired) electrons. The summed E-state index contributed by atoms with van der Waals surface area (Å²) in [7, 11) is 0. The summed E-state index contributed by atoms with van der Waals surface area (Å²) in [5.74, 6) is 0.452. The van der Waals surface area contributed by atoms with Crippen LogP contribution in [-0.4, -0.2) is 27.4 Å². The largest absolute Gasteiger partial charge is 0.329 e. The van der Waals surface area contributed by atoms with Gasteiger partial charge in [0.1, 0.15) is 0 Å². The molecule has 20 heavy (non-hydrogen) atoms. The summed E-state index contributed by atoms with van der Waals surface area (Å²) in [5, 5.41) is 0. The summed E-state index contributed by atoms with van der Waals surface area (Å²) >= 11 is 2.36. The zero-order valence-corrected chi connectivity index (χ0v) is 13.8. The number of carbonyl (C=O) groups is 1. The van der Waals surface area contributed by atoms with Crippen LogP contribution in [0.2, 0.25) is 0 Å². The molecule has 1 saturated heterocycles. The maximum atomic E-state index is 12.6. The zero-order chi connectivity index (χ0) is 14.1. The van der Waals surface area contributed by atoms with Crippen LogP contribution in [0.3, 0.4) is 0 Å². The van der Waals surface area contributed by atoms with Crippen molar-refractivity contribution >= 4 is 28.5 Å². The summed E-state index contributed by atoms with van der Waals surface area (Å²) < 4.78 is 0.335. The summed E-state index contributed by atoms with van der Waals surface area (Å²) in [6, 6.07) is 8.21. The van der Waals surface area contributed by atoms with E-state index in [9.17, 15) is 4.79 Å². The van der Waals surface area contributed by atoms with Gasteiger partial charge in [-0.05, 0) is 49.1 Å². The highest BCUT2D eigenvalue weighted by Crippen LogP contribution is 2.29. The van der Waals surface area contributed by atoms with Crippen LogP contribution in [0.5, 0.6) is 0 Å². The molecule has 0 saturated carbocycles. The van der Waals surface area contributed by atoms with Crippen molar-refractivity contribution in [3.8, 4) is 0 Å². The molecule has 0 bridgehead atoms. The molecular weight excluding hydrogens is 363 g/mol. The lowest BCUT2D eigenvalue weighted by Gasteiger charge is -2.32. The van der Waals surface area contributed by atoms with Gasteiger partial charge in [-0.1, -0.05) is 46.9 Å². The van der Waals surface area contributed by atoms with Crippen LogP contribution in [-0.2, 0) is 17.6 Å². The summed E-state index contributed by atoms with van der Waals surface area (Å²) in [6.45, 7) is 0.878. The first-order valence-corrected chi connectivity index (χ1v) is 8.68. The Morgan fingerprint density at radius 2 is 2.05 bits per heavy atom. The van der Waals surface area contributed by atoms with Crippen LogP contribution in [0, 0.1) is 5.92 Å². The minimum Gasteiger partial charge on any atom is -0.329 e. The molecule has 2 N–H and O–H groups in total. The van der Waals surface area contributed by atoms with Gasteiger partial charge in [0.05, 0.1) is 10.1 Å². The minimum atomic E-state index is -0.335. The number of aryl methyl sites for hydroxylation is 1. The Balaban J connectivity index is 1.69. The molecule has 1 fully saturated rings. The quantitative estimate of drug-likeness (QED) is 0.484. The van der Waals surface area contributed by atoms with Crippen molar-refractivity contribution in [2.45, 2.75) is 42.2 Å². The number of hydrogen-bond acceptors (Lipinski definition) is 2. The summed E-state index contributed by atoms with van der Waals surface area (Å²) in [5.41, 5.74) is 9.10. The lowest BCUT2D eigenvalue weighted by atomic mass is 9.80. The van der Waals surface area contributed by atoms with Crippen molar-refractivity contribution in [1.82, 2.24) is 4.90 Å². The number of fused-ring (bicyclic) bond motifs is 1. The van der Waals surface area contributed by atoms with Crippen molar-refractivity contribution in [2.75, 3.05) is 6.54 Å². The fraction of sp³-hybridized carbons (Fsp3) is 0.562. The van der Waals surface area contributed by atoms with Gasteiger partial charge in [0.15, 0.2) is 0 Å². The number of likely N-dealkylation sites (tertiary alicyclic amines) is 1. The first kappa shape index (κ1) is 14.3. The van der Waals surface area contributed by atoms with Gasteiger partial charge in [-0.2, -0.15) is 0 Å². The zero-order valence-electron chi connectivity index (χ0n) is 11.6. The van der Waals surface area contributed by atoms with Gasteiger partial charge in [-0.25, -0.2) is 0 Å². The van der Waals surface area contributed by atoms with E-state index < -0.39 is 0 Å². The van der Waals surface area contributed by atoms with E-state index in [4.69, 9.17) is 5.73 Å². The van der Waals surface area contributed by atoms with Gasteiger partial charge in [-0.15, -0.1) is 0 Å². The van der Waals surface area contributed by atoms with E-state index in [1.165, 1.54) is 11.1 Å². The van der Waals surface area contributed by atoms with E-state index in [1.54, 1.807) is 0 Å². The molecule has 2 aliphatic rings. The van der Waals surface area contributed by atoms with E-state index in [-0.39, 0.29) is 11.9 Å². The predicted octanol–water partition coefficient (Wildman–Crippen LogP) is 2.50. The van der Waals surface area contributed by atoms with E-state index >= 15 is 0 Å². The molecule has 3 nitrogen and oxygen atoms in total. The molecule has 108 valence electrons. The molecule has 3 atom stereocenters. The van der Waals surface area contributed by atoms with E-state index in [2.05, 4.69) is 46.9 Å². The van der Waals surface area contributed by atoms with Crippen molar-refractivity contribution in [3.63, 3.8) is 0 Å². The Morgan fingerprint density at radius 1 is 1.30 bits per heavy atom. The Morgan fingerprint density at radius 3 is 2.75 bits per heavy atom. The second-order valence-electron chi connectivity index (χ2n) is 5.91. The van der Waals surface area contributed by atoms with Gasteiger partial charge in [0.2, 0.25) is 5.91 Å². The highest BCUT2D eigenvalue weighted by molar-refractivity contribution is 14.1. The molecule has 1 aliphatic heterocycles. The van der Waals surface area contributed by atoms with Gasteiger partial charge in [0.25, 0.3) is 0 Å². The van der Waals surface area contributed by atoms with Crippen LogP contribution in [0.25, 0.3) is 0 Å². The second kappa shape index (κ2) is 6.02. The Kier molecular flexibility index (Phi) is 4.31. The van der Waals surface area contributed by atoms with E-state index in [1.807, 2.05) is 4.90 Å². The van der Waals surface area contributed by atoms with Crippen molar-refractivity contribution in [3.05, 3.63) is 35.4 Å². The standard InChI is InChI=1S/C16H21IN2O/c17-14-6-3-9-19(14)16(20)15(18)13-8-7-11-4-1-2-5-12(11)10-13/h1-2,4-5,13-15H,3,6-10,18H2. The average Bonchev–Trinajstić information content (AvgIpc) is 2.91. The normalized spacial score (nSPS) is 27.2. The maximum absolute atomic E-state index is 12.6. The molecule has 3 unspecified atom stereocenters. The Labute approximate surface area is 134 Å². The van der Waals surface area contributed by atoms with Crippen LogP contribution in [0.1, 0.15) is 30.4 Å². The molecular formula is C16H21IN2O. The van der Waals surface area contributed by atoms with E-state index in [0.29, 0.717) is 9.97 Å². The third-order valence-electron chi connectivity index (χ3n) is 4.64. The number of alkyl halides is 1. The molecule has 1 aromatic carbocycles. The third-order valence-corrected chi connectivity index (χ3v) is 5.94. The molecule has 4 heteroatoms. The maximum Gasteiger partial charge on any atom is 0.240 e. The number of rotatable bonds is 2. The van der Waals surface area contributed by atoms with Gasteiger partial charge in [-0.3, -0.25) is 4.79 Å². The lowest BCUT2D eigenvalue weighted by Crippen LogP contribution is -2.49. The van der Waals surface area contributed by atoms with Gasteiger partial charge < -0.3 is 10.6 Å².